The number of aromatic nitrogens is 1. The first kappa shape index (κ1) is 13.2. The second-order valence-electron chi connectivity index (χ2n) is 6.39. The van der Waals surface area contributed by atoms with E-state index in [-0.39, 0.29) is 5.41 Å². The first-order chi connectivity index (χ1) is 8.34. The SMILES string of the molecule is CC(C)c1[nH]c2ccc(C(C)(C)C)cc2c1CN. The number of hydrogen-bond acceptors (Lipinski definition) is 1. The molecule has 0 atom stereocenters. The zero-order valence-corrected chi connectivity index (χ0v) is 12.1. The molecule has 3 N–H and O–H groups in total. The van der Waals surface area contributed by atoms with Gasteiger partial charge in [-0.3, -0.25) is 0 Å². The predicted octanol–water partition coefficient (Wildman–Crippen LogP) is 4.05. The number of nitrogens with one attached hydrogen (secondary N) is 1. The van der Waals surface area contributed by atoms with E-state index in [0.717, 1.165) is 0 Å². The van der Waals surface area contributed by atoms with Crippen molar-refractivity contribution in [2.75, 3.05) is 0 Å². The van der Waals surface area contributed by atoms with Gasteiger partial charge in [0.1, 0.15) is 0 Å². The lowest BCUT2D eigenvalue weighted by Gasteiger charge is -2.19. The maximum atomic E-state index is 5.94. The van der Waals surface area contributed by atoms with Crippen molar-refractivity contribution >= 4 is 10.9 Å². The molecule has 2 nitrogen and oxygen atoms in total. The van der Waals surface area contributed by atoms with Gasteiger partial charge in [0.15, 0.2) is 0 Å². The molecule has 18 heavy (non-hydrogen) atoms. The molecule has 0 unspecified atom stereocenters. The molecule has 0 amide bonds. The Kier molecular flexibility index (Phi) is 3.24. The van der Waals surface area contributed by atoms with Crippen LogP contribution in [-0.2, 0) is 12.0 Å². The van der Waals surface area contributed by atoms with Crippen molar-refractivity contribution in [1.82, 2.24) is 4.98 Å². The Labute approximate surface area is 110 Å². The van der Waals surface area contributed by atoms with E-state index in [1.54, 1.807) is 0 Å². The van der Waals surface area contributed by atoms with Crippen LogP contribution in [0.3, 0.4) is 0 Å². The summed E-state index contributed by atoms with van der Waals surface area (Å²) in [5.74, 6) is 0.481. The molecule has 0 saturated carbocycles. The van der Waals surface area contributed by atoms with Gasteiger partial charge in [0.25, 0.3) is 0 Å². The van der Waals surface area contributed by atoms with Crippen LogP contribution in [0.1, 0.15) is 57.4 Å². The Hall–Kier alpha value is -1.28. The van der Waals surface area contributed by atoms with Gasteiger partial charge < -0.3 is 10.7 Å². The average Bonchev–Trinajstić information content (AvgIpc) is 2.65. The summed E-state index contributed by atoms with van der Waals surface area (Å²) < 4.78 is 0. The van der Waals surface area contributed by atoms with Crippen LogP contribution >= 0.6 is 0 Å². The Bertz CT molecular complexity index is 556. The predicted molar refractivity (Wildman–Crippen MR) is 79.0 cm³/mol. The molecular weight excluding hydrogens is 220 g/mol. The van der Waals surface area contributed by atoms with E-state index in [2.05, 4.69) is 57.8 Å². The second-order valence-corrected chi connectivity index (χ2v) is 6.39. The van der Waals surface area contributed by atoms with Gasteiger partial charge in [0.05, 0.1) is 0 Å². The molecule has 0 aliphatic rings. The molecule has 0 aliphatic heterocycles. The van der Waals surface area contributed by atoms with Crippen molar-refractivity contribution in [1.29, 1.82) is 0 Å². The van der Waals surface area contributed by atoms with E-state index in [0.29, 0.717) is 12.5 Å². The van der Waals surface area contributed by atoms with E-state index in [4.69, 9.17) is 5.73 Å². The average molecular weight is 244 g/mol. The van der Waals surface area contributed by atoms with Crippen LogP contribution in [0.2, 0.25) is 0 Å². The van der Waals surface area contributed by atoms with Crippen molar-refractivity contribution < 1.29 is 0 Å². The largest absolute Gasteiger partial charge is 0.358 e. The third kappa shape index (κ3) is 2.17. The summed E-state index contributed by atoms with van der Waals surface area (Å²) in [6.07, 6.45) is 0. The van der Waals surface area contributed by atoms with Gasteiger partial charge in [-0.1, -0.05) is 40.7 Å². The van der Waals surface area contributed by atoms with E-state index in [1.165, 1.54) is 27.7 Å². The molecule has 2 rings (SSSR count). The summed E-state index contributed by atoms with van der Waals surface area (Å²) in [7, 11) is 0. The molecule has 0 saturated heterocycles. The minimum atomic E-state index is 0.176. The Morgan fingerprint density at radius 3 is 2.39 bits per heavy atom. The van der Waals surface area contributed by atoms with Crippen molar-refractivity contribution in [3.8, 4) is 0 Å². The Morgan fingerprint density at radius 2 is 1.89 bits per heavy atom. The number of benzene rings is 1. The zero-order chi connectivity index (χ0) is 13.5. The lowest BCUT2D eigenvalue weighted by Crippen LogP contribution is -2.10. The maximum absolute atomic E-state index is 5.94. The number of hydrogen-bond donors (Lipinski definition) is 2. The minimum Gasteiger partial charge on any atom is -0.358 e. The second kappa shape index (κ2) is 4.43. The van der Waals surface area contributed by atoms with E-state index in [1.807, 2.05) is 0 Å². The lowest BCUT2D eigenvalue weighted by molar-refractivity contribution is 0.591. The number of nitrogens with two attached hydrogens (primary N) is 1. The fourth-order valence-electron chi connectivity index (χ4n) is 2.45. The molecule has 1 aromatic carbocycles. The molecule has 0 radical (unpaired) electrons. The summed E-state index contributed by atoms with van der Waals surface area (Å²) in [5, 5.41) is 1.29. The minimum absolute atomic E-state index is 0.176. The Morgan fingerprint density at radius 1 is 1.22 bits per heavy atom. The van der Waals surface area contributed by atoms with Gasteiger partial charge >= 0.3 is 0 Å². The van der Waals surface area contributed by atoms with Gasteiger partial charge in [-0.15, -0.1) is 0 Å². The van der Waals surface area contributed by atoms with Crippen LogP contribution in [0, 0.1) is 0 Å². The van der Waals surface area contributed by atoms with Crippen LogP contribution in [0.15, 0.2) is 18.2 Å². The van der Waals surface area contributed by atoms with E-state index >= 15 is 0 Å². The summed E-state index contributed by atoms with van der Waals surface area (Å²) in [6.45, 7) is 11.7. The quantitative estimate of drug-likeness (QED) is 0.822. The number of rotatable bonds is 2. The van der Waals surface area contributed by atoms with Gasteiger partial charge in [-0.05, 0) is 34.6 Å². The highest BCUT2D eigenvalue weighted by Crippen LogP contribution is 2.31. The molecule has 98 valence electrons. The van der Waals surface area contributed by atoms with Crippen molar-refractivity contribution in [3.63, 3.8) is 0 Å². The topological polar surface area (TPSA) is 41.8 Å². The molecule has 0 bridgehead atoms. The highest BCUT2D eigenvalue weighted by molar-refractivity contribution is 5.85. The third-order valence-corrected chi connectivity index (χ3v) is 3.59. The third-order valence-electron chi connectivity index (χ3n) is 3.59. The summed E-state index contributed by atoms with van der Waals surface area (Å²) in [5.41, 5.74) is 11.2. The normalized spacial score (nSPS) is 12.6. The van der Waals surface area contributed by atoms with Gasteiger partial charge in [0, 0.05) is 23.1 Å². The summed E-state index contributed by atoms with van der Waals surface area (Å²) in [6, 6.07) is 6.68. The number of fused-ring (bicyclic) bond motifs is 1. The summed E-state index contributed by atoms with van der Waals surface area (Å²) in [4.78, 5) is 3.51. The molecule has 2 aromatic rings. The van der Waals surface area contributed by atoms with Gasteiger partial charge in [-0.25, -0.2) is 0 Å². The Balaban J connectivity index is 2.68. The van der Waals surface area contributed by atoms with Crippen LogP contribution in [-0.4, -0.2) is 4.98 Å². The lowest BCUT2D eigenvalue weighted by atomic mass is 9.86. The molecule has 1 heterocycles. The zero-order valence-electron chi connectivity index (χ0n) is 12.1. The van der Waals surface area contributed by atoms with Crippen molar-refractivity contribution in [2.24, 2.45) is 5.73 Å². The molecular formula is C16H24N2. The number of aromatic amines is 1. The highest BCUT2D eigenvalue weighted by atomic mass is 14.7. The first-order valence-corrected chi connectivity index (χ1v) is 6.69. The van der Waals surface area contributed by atoms with Gasteiger partial charge in [0.2, 0.25) is 0 Å². The fourth-order valence-corrected chi connectivity index (χ4v) is 2.45. The van der Waals surface area contributed by atoms with E-state index in [9.17, 15) is 0 Å². The van der Waals surface area contributed by atoms with Crippen LogP contribution in [0.5, 0.6) is 0 Å². The molecule has 0 aliphatic carbocycles. The monoisotopic (exact) mass is 244 g/mol. The first-order valence-electron chi connectivity index (χ1n) is 6.69. The van der Waals surface area contributed by atoms with Crippen molar-refractivity contribution in [3.05, 3.63) is 35.0 Å². The van der Waals surface area contributed by atoms with Crippen LogP contribution < -0.4 is 5.73 Å². The van der Waals surface area contributed by atoms with Gasteiger partial charge in [-0.2, -0.15) is 0 Å². The maximum Gasteiger partial charge on any atom is 0.0459 e. The molecule has 1 aromatic heterocycles. The molecule has 2 heteroatoms. The number of H-pyrrole nitrogens is 1. The van der Waals surface area contributed by atoms with E-state index < -0.39 is 0 Å². The van der Waals surface area contributed by atoms with Crippen LogP contribution in [0.4, 0.5) is 0 Å². The standard InChI is InChI=1S/C16H24N2/c1-10(2)15-13(9-17)12-8-11(16(3,4)5)6-7-14(12)18-15/h6-8,10,18H,9,17H2,1-5H3. The smallest absolute Gasteiger partial charge is 0.0459 e. The highest BCUT2D eigenvalue weighted by Gasteiger charge is 2.17. The molecule has 0 fully saturated rings. The molecule has 0 spiro atoms. The fraction of sp³-hybridized carbons (Fsp3) is 0.500. The van der Waals surface area contributed by atoms with Crippen molar-refractivity contribution in [2.45, 2.75) is 52.5 Å². The summed E-state index contributed by atoms with van der Waals surface area (Å²) >= 11 is 0. The van der Waals surface area contributed by atoms with Crippen LogP contribution in [0.25, 0.3) is 10.9 Å².